The van der Waals surface area contributed by atoms with Crippen LogP contribution in [0.3, 0.4) is 0 Å². The summed E-state index contributed by atoms with van der Waals surface area (Å²) in [5.74, 6) is 1.02. The second-order valence-corrected chi connectivity index (χ2v) is 4.49. The fourth-order valence-electron chi connectivity index (χ4n) is 1.28. The van der Waals surface area contributed by atoms with Crippen molar-refractivity contribution in [3.05, 3.63) is 18.1 Å². The molecule has 0 spiro atoms. The lowest BCUT2D eigenvalue weighted by molar-refractivity contribution is -0.121. The number of ketones is 1. The Bertz CT molecular complexity index is 361. The molecule has 0 fully saturated rings. The van der Waals surface area contributed by atoms with Gasteiger partial charge in [-0.3, -0.25) is 4.79 Å². The van der Waals surface area contributed by atoms with Crippen LogP contribution in [0.5, 0.6) is 0 Å². The summed E-state index contributed by atoms with van der Waals surface area (Å²) in [5, 5.41) is 3.21. The van der Waals surface area contributed by atoms with Crippen LogP contribution in [0.2, 0.25) is 0 Å². The lowest BCUT2D eigenvalue weighted by Crippen LogP contribution is -2.16. The van der Waals surface area contributed by atoms with Gasteiger partial charge in [-0.1, -0.05) is 13.8 Å². The molecule has 0 bridgehead atoms. The molecule has 4 heteroatoms. The van der Waals surface area contributed by atoms with Crippen molar-refractivity contribution in [2.45, 2.75) is 40.2 Å². The van der Waals surface area contributed by atoms with Crippen molar-refractivity contribution in [1.29, 1.82) is 0 Å². The second-order valence-electron chi connectivity index (χ2n) is 4.49. The van der Waals surface area contributed by atoms with Gasteiger partial charge in [0.25, 0.3) is 0 Å². The molecule has 0 aromatic carbocycles. The number of carbonyl (C=O) groups excluding carboxylic acids is 1. The van der Waals surface area contributed by atoms with E-state index in [1.807, 2.05) is 27.7 Å². The van der Waals surface area contributed by atoms with Gasteiger partial charge in [0.15, 0.2) is 0 Å². The van der Waals surface area contributed by atoms with Gasteiger partial charge >= 0.3 is 0 Å². The van der Waals surface area contributed by atoms with Gasteiger partial charge in [-0.25, -0.2) is 9.97 Å². The van der Waals surface area contributed by atoms with Gasteiger partial charge in [-0.05, 0) is 13.8 Å². The van der Waals surface area contributed by atoms with Crippen molar-refractivity contribution < 1.29 is 4.79 Å². The summed E-state index contributed by atoms with van der Waals surface area (Å²) in [4.78, 5) is 19.8. The molecule has 1 aromatic heterocycles. The summed E-state index contributed by atoms with van der Waals surface area (Å²) < 4.78 is 0. The number of nitrogens with one attached hydrogen (secondary N) is 1. The first-order chi connectivity index (χ1) is 7.50. The standard InChI is InChI=1S/C12H19N3O/c1-8(2)11(16)5-10-6-13-7-14-12(10)15-9(3)4/h6-9H,5H2,1-4H3,(H,13,14,15). The Morgan fingerprint density at radius 2 is 2.06 bits per heavy atom. The number of rotatable bonds is 5. The fraction of sp³-hybridized carbons (Fsp3) is 0.583. The molecule has 1 heterocycles. The highest BCUT2D eigenvalue weighted by Crippen LogP contribution is 2.14. The van der Waals surface area contributed by atoms with Crippen molar-refractivity contribution in [1.82, 2.24) is 9.97 Å². The van der Waals surface area contributed by atoms with Gasteiger partial charge in [0.1, 0.15) is 17.9 Å². The third-order valence-electron chi connectivity index (χ3n) is 2.22. The number of hydrogen-bond acceptors (Lipinski definition) is 4. The summed E-state index contributed by atoms with van der Waals surface area (Å²) in [5.41, 5.74) is 0.870. The Hall–Kier alpha value is -1.45. The van der Waals surface area contributed by atoms with Crippen molar-refractivity contribution >= 4 is 11.6 Å². The summed E-state index contributed by atoms with van der Waals surface area (Å²) >= 11 is 0. The molecule has 1 aromatic rings. The van der Waals surface area contributed by atoms with Crippen LogP contribution in [0.25, 0.3) is 0 Å². The average molecular weight is 221 g/mol. The van der Waals surface area contributed by atoms with Gasteiger partial charge in [0.2, 0.25) is 0 Å². The molecule has 1 N–H and O–H groups in total. The quantitative estimate of drug-likeness (QED) is 0.827. The smallest absolute Gasteiger partial charge is 0.139 e. The molecule has 0 atom stereocenters. The number of Topliss-reactive ketones (excluding diaryl/α,β-unsaturated/α-hetero) is 1. The molecule has 0 radical (unpaired) electrons. The molecule has 16 heavy (non-hydrogen) atoms. The van der Waals surface area contributed by atoms with Crippen LogP contribution in [-0.4, -0.2) is 21.8 Å². The molecule has 0 aliphatic rings. The number of aromatic nitrogens is 2. The molecule has 0 amide bonds. The number of anilines is 1. The second kappa shape index (κ2) is 5.58. The number of nitrogens with zero attached hydrogens (tertiary/aromatic N) is 2. The Morgan fingerprint density at radius 1 is 1.38 bits per heavy atom. The lowest BCUT2D eigenvalue weighted by Gasteiger charge is -2.13. The van der Waals surface area contributed by atoms with Crippen LogP contribution in [0, 0.1) is 5.92 Å². The summed E-state index contributed by atoms with van der Waals surface area (Å²) in [7, 11) is 0. The van der Waals surface area contributed by atoms with Crippen LogP contribution in [0.15, 0.2) is 12.5 Å². The first kappa shape index (κ1) is 12.6. The molecular formula is C12H19N3O. The number of carbonyl (C=O) groups is 1. The predicted molar refractivity (Wildman–Crippen MR) is 64.3 cm³/mol. The highest BCUT2D eigenvalue weighted by atomic mass is 16.1. The molecule has 0 aliphatic carbocycles. The van der Waals surface area contributed by atoms with Gasteiger partial charge in [0.05, 0.1) is 0 Å². The molecule has 4 nitrogen and oxygen atoms in total. The van der Waals surface area contributed by atoms with E-state index in [0.717, 1.165) is 11.4 Å². The fourth-order valence-corrected chi connectivity index (χ4v) is 1.28. The van der Waals surface area contributed by atoms with E-state index in [4.69, 9.17) is 0 Å². The zero-order valence-electron chi connectivity index (χ0n) is 10.3. The zero-order chi connectivity index (χ0) is 12.1. The van der Waals surface area contributed by atoms with Crippen molar-refractivity contribution in [3.63, 3.8) is 0 Å². The predicted octanol–water partition coefficient (Wildman–Crippen LogP) is 2.06. The maximum Gasteiger partial charge on any atom is 0.139 e. The highest BCUT2D eigenvalue weighted by molar-refractivity contribution is 5.83. The topological polar surface area (TPSA) is 54.9 Å². The molecule has 0 aliphatic heterocycles. The summed E-state index contributed by atoms with van der Waals surface area (Å²) in [6.07, 6.45) is 3.60. The molecule has 1 rings (SSSR count). The van der Waals surface area contributed by atoms with Crippen LogP contribution < -0.4 is 5.32 Å². The van der Waals surface area contributed by atoms with Gasteiger partial charge in [-0.15, -0.1) is 0 Å². The van der Waals surface area contributed by atoms with E-state index < -0.39 is 0 Å². The Labute approximate surface area is 96.5 Å². The van der Waals surface area contributed by atoms with E-state index >= 15 is 0 Å². The average Bonchev–Trinajstić information content (AvgIpc) is 2.20. The SMILES string of the molecule is CC(C)Nc1ncncc1CC(=O)C(C)C. The minimum absolute atomic E-state index is 0.0482. The largest absolute Gasteiger partial charge is 0.368 e. The Kier molecular flexibility index (Phi) is 4.40. The summed E-state index contributed by atoms with van der Waals surface area (Å²) in [6, 6.07) is 0.294. The maximum absolute atomic E-state index is 11.7. The Balaban J connectivity index is 2.82. The van der Waals surface area contributed by atoms with E-state index in [9.17, 15) is 4.79 Å². The van der Waals surface area contributed by atoms with E-state index in [1.165, 1.54) is 6.33 Å². The zero-order valence-corrected chi connectivity index (χ0v) is 10.3. The monoisotopic (exact) mass is 221 g/mol. The molecule has 0 unspecified atom stereocenters. The van der Waals surface area contributed by atoms with E-state index in [0.29, 0.717) is 12.5 Å². The third-order valence-corrected chi connectivity index (χ3v) is 2.22. The first-order valence-electron chi connectivity index (χ1n) is 5.58. The summed E-state index contributed by atoms with van der Waals surface area (Å²) in [6.45, 7) is 7.88. The van der Waals surface area contributed by atoms with E-state index in [2.05, 4.69) is 15.3 Å². The molecule has 88 valence electrons. The van der Waals surface area contributed by atoms with Gasteiger partial charge in [0, 0.05) is 30.1 Å². The van der Waals surface area contributed by atoms with Crippen molar-refractivity contribution in [3.8, 4) is 0 Å². The normalized spacial score (nSPS) is 10.9. The number of hydrogen-bond donors (Lipinski definition) is 1. The van der Waals surface area contributed by atoms with E-state index in [1.54, 1.807) is 6.20 Å². The van der Waals surface area contributed by atoms with Gasteiger partial charge in [-0.2, -0.15) is 0 Å². The Morgan fingerprint density at radius 3 is 2.62 bits per heavy atom. The van der Waals surface area contributed by atoms with Crippen molar-refractivity contribution in [2.75, 3.05) is 5.32 Å². The first-order valence-corrected chi connectivity index (χ1v) is 5.58. The van der Waals surface area contributed by atoms with Crippen LogP contribution in [0.4, 0.5) is 5.82 Å². The third kappa shape index (κ3) is 3.61. The molecule has 0 saturated heterocycles. The van der Waals surface area contributed by atoms with Crippen molar-refractivity contribution in [2.24, 2.45) is 5.92 Å². The minimum atomic E-state index is 0.0482. The maximum atomic E-state index is 11.7. The van der Waals surface area contributed by atoms with Crippen LogP contribution in [0.1, 0.15) is 33.3 Å². The molecule has 0 saturated carbocycles. The van der Waals surface area contributed by atoms with Gasteiger partial charge < -0.3 is 5.32 Å². The molecular weight excluding hydrogens is 202 g/mol. The minimum Gasteiger partial charge on any atom is -0.368 e. The van der Waals surface area contributed by atoms with Crippen LogP contribution >= 0.6 is 0 Å². The lowest BCUT2D eigenvalue weighted by atomic mass is 10.0. The van der Waals surface area contributed by atoms with Crippen LogP contribution in [-0.2, 0) is 11.2 Å². The van der Waals surface area contributed by atoms with E-state index in [-0.39, 0.29) is 11.7 Å². The highest BCUT2D eigenvalue weighted by Gasteiger charge is 2.12.